The van der Waals surface area contributed by atoms with Gasteiger partial charge in [-0.05, 0) is 91.2 Å². The van der Waals surface area contributed by atoms with Crippen molar-refractivity contribution in [3.05, 3.63) is 119 Å². The summed E-state index contributed by atoms with van der Waals surface area (Å²) >= 11 is 0. The average Bonchev–Trinajstić information content (AvgIpc) is 3.01. The van der Waals surface area contributed by atoms with Crippen LogP contribution in [0, 0.1) is 0 Å². The van der Waals surface area contributed by atoms with Gasteiger partial charge in [0.1, 0.15) is 18.1 Å². The van der Waals surface area contributed by atoms with E-state index in [1.54, 1.807) is 66.7 Å². The summed E-state index contributed by atoms with van der Waals surface area (Å²) in [5, 5.41) is 4.05. The predicted molar refractivity (Wildman–Crippen MR) is 157 cm³/mol. The number of esters is 1. The van der Waals surface area contributed by atoms with E-state index >= 15 is 0 Å². The maximum absolute atomic E-state index is 12.7. The van der Waals surface area contributed by atoms with E-state index in [2.05, 4.69) is 10.5 Å². The number of benzene rings is 4. The van der Waals surface area contributed by atoms with Crippen LogP contribution in [0.5, 0.6) is 23.0 Å². The Labute approximate surface area is 239 Å². The lowest BCUT2D eigenvalue weighted by atomic mass is 10.2. The minimum absolute atomic E-state index is 0.277. The maximum Gasteiger partial charge on any atom is 0.343 e. The molecule has 0 unspecified atom stereocenters. The molecule has 0 fully saturated rings. The van der Waals surface area contributed by atoms with Crippen molar-refractivity contribution in [3.63, 3.8) is 0 Å². The molecule has 210 valence electrons. The Kier molecular flexibility index (Phi) is 10.5. The first-order valence-corrected chi connectivity index (χ1v) is 13.4. The summed E-state index contributed by atoms with van der Waals surface area (Å²) in [6, 6.07) is 28.5. The molecule has 0 heterocycles. The Morgan fingerprint density at radius 2 is 1.44 bits per heavy atom. The molecule has 4 rings (SSSR count). The second kappa shape index (κ2) is 14.9. The van der Waals surface area contributed by atoms with Crippen LogP contribution in [0.2, 0.25) is 0 Å². The van der Waals surface area contributed by atoms with Crippen molar-refractivity contribution in [2.45, 2.75) is 26.9 Å². The Bertz CT molecular complexity index is 1450. The van der Waals surface area contributed by atoms with E-state index in [9.17, 15) is 9.59 Å². The molecule has 0 radical (unpaired) electrons. The SMILES string of the molecule is CCCOc1ccc(C(=O)Oc2ccc(/C=N\NC(=O)c3ccc(OCc4ccccc4)cc3)cc2OCC)cc1. The maximum atomic E-state index is 12.7. The van der Waals surface area contributed by atoms with Gasteiger partial charge in [0.2, 0.25) is 0 Å². The third-order valence-corrected chi connectivity index (χ3v) is 5.78. The van der Waals surface area contributed by atoms with Gasteiger partial charge in [-0.3, -0.25) is 4.79 Å². The highest BCUT2D eigenvalue weighted by atomic mass is 16.6. The van der Waals surface area contributed by atoms with Crippen molar-refractivity contribution in [1.29, 1.82) is 0 Å². The monoisotopic (exact) mass is 552 g/mol. The third-order valence-electron chi connectivity index (χ3n) is 5.78. The fourth-order valence-corrected chi connectivity index (χ4v) is 3.70. The van der Waals surface area contributed by atoms with Crippen LogP contribution in [0.3, 0.4) is 0 Å². The number of amides is 1. The molecule has 0 bridgehead atoms. The van der Waals surface area contributed by atoms with Crippen molar-refractivity contribution in [2.75, 3.05) is 13.2 Å². The van der Waals surface area contributed by atoms with E-state index in [0.717, 1.165) is 12.0 Å². The summed E-state index contributed by atoms with van der Waals surface area (Å²) in [4.78, 5) is 25.2. The summed E-state index contributed by atoms with van der Waals surface area (Å²) in [5.41, 5.74) is 5.05. The van der Waals surface area contributed by atoms with Gasteiger partial charge in [0, 0.05) is 5.56 Å². The van der Waals surface area contributed by atoms with Gasteiger partial charge in [-0.25, -0.2) is 10.2 Å². The molecule has 4 aromatic rings. The summed E-state index contributed by atoms with van der Waals surface area (Å²) < 4.78 is 22.6. The zero-order valence-electron chi connectivity index (χ0n) is 23.0. The number of rotatable bonds is 13. The minimum atomic E-state index is -0.516. The van der Waals surface area contributed by atoms with Gasteiger partial charge < -0.3 is 18.9 Å². The molecule has 0 aliphatic carbocycles. The molecule has 1 N–H and O–H groups in total. The van der Waals surface area contributed by atoms with E-state index in [-0.39, 0.29) is 11.7 Å². The number of hydrogen-bond donors (Lipinski definition) is 1. The second-order valence-corrected chi connectivity index (χ2v) is 8.90. The Balaban J connectivity index is 1.32. The molecule has 0 saturated heterocycles. The fourth-order valence-electron chi connectivity index (χ4n) is 3.70. The molecular formula is C33H32N2O6. The summed E-state index contributed by atoms with van der Waals surface area (Å²) in [6.45, 7) is 5.29. The van der Waals surface area contributed by atoms with Crippen LogP contribution in [0.15, 0.2) is 102 Å². The first-order valence-electron chi connectivity index (χ1n) is 13.4. The summed E-state index contributed by atoms with van der Waals surface area (Å²) in [5.74, 6) is 1.13. The molecular weight excluding hydrogens is 520 g/mol. The van der Waals surface area contributed by atoms with Gasteiger partial charge in [0.15, 0.2) is 11.5 Å². The smallest absolute Gasteiger partial charge is 0.343 e. The number of hydrogen-bond acceptors (Lipinski definition) is 7. The number of carbonyl (C=O) groups excluding carboxylic acids is 2. The number of ether oxygens (including phenoxy) is 4. The van der Waals surface area contributed by atoms with Gasteiger partial charge in [-0.1, -0.05) is 37.3 Å². The van der Waals surface area contributed by atoms with Gasteiger partial charge in [0.05, 0.1) is 25.0 Å². The lowest BCUT2D eigenvalue weighted by Gasteiger charge is -2.12. The predicted octanol–water partition coefficient (Wildman–Crippen LogP) is 6.44. The van der Waals surface area contributed by atoms with Crippen LogP contribution in [-0.4, -0.2) is 31.3 Å². The van der Waals surface area contributed by atoms with E-state index < -0.39 is 5.97 Å². The van der Waals surface area contributed by atoms with Crippen molar-refractivity contribution in [1.82, 2.24) is 5.43 Å². The summed E-state index contributed by atoms with van der Waals surface area (Å²) in [6.07, 6.45) is 2.38. The molecule has 0 saturated carbocycles. The summed E-state index contributed by atoms with van der Waals surface area (Å²) in [7, 11) is 0. The van der Waals surface area contributed by atoms with Crippen LogP contribution in [0.4, 0.5) is 0 Å². The molecule has 0 aliphatic rings. The Morgan fingerprint density at radius 1 is 0.756 bits per heavy atom. The number of nitrogens with one attached hydrogen (secondary N) is 1. The lowest BCUT2D eigenvalue weighted by Crippen LogP contribution is -2.17. The standard InChI is InChI=1S/C33H32N2O6/c1-3-20-39-28-17-13-27(14-18-28)33(37)41-30-19-10-25(21-31(30)38-4-2)22-34-35-32(36)26-11-15-29(16-12-26)40-23-24-8-6-5-7-9-24/h5-19,21-22H,3-4,20,23H2,1-2H3,(H,35,36)/b34-22-. The van der Waals surface area contributed by atoms with E-state index in [4.69, 9.17) is 18.9 Å². The Hall–Kier alpha value is -5.11. The average molecular weight is 553 g/mol. The van der Waals surface area contributed by atoms with Crippen molar-refractivity contribution in [2.24, 2.45) is 5.10 Å². The quantitative estimate of drug-likeness (QED) is 0.0888. The third kappa shape index (κ3) is 8.69. The van der Waals surface area contributed by atoms with E-state index in [1.165, 1.54) is 6.21 Å². The van der Waals surface area contributed by atoms with Gasteiger partial charge in [-0.15, -0.1) is 0 Å². The van der Waals surface area contributed by atoms with Crippen molar-refractivity contribution < 1.29 is 28.5 Å². The molecule has 0 aliphatic heterocycles. The molecule has 0 atom stereocenters. The molecule has 1 amide bonds. The highest BCUT2D eigenvalue weighted by molar-refractivity contribution is 5.95. The zero-order chi connectivity index (χ0) is 28.9. The van der Waals surface area contributed by atoms with Crippen molar-refractivity contribution >= 4 is 18.1 Å². The van der Waals surface area contributed by atoms with E-state index in [0.29, 0.717) is 53.8 Å². The second-order valence-electron chi connectivity index (χ2n) is 8.90. The molecule has 41 heavy (non-hydrogen) atoms. The van der Waals surface area contributed by atoms with E-state index in [1.807, 2.05) is 44.2 Å². The van der Waals surface area contributed by atoms with Gasteiger partial charge in [0.25, 0.3) is 5.91 Å². The van der Waals surface area contributed by atoms with Crippen molar-refractivity contribution in [3.8, 4) is 23.0 Å². The van der Waals surface area contributed by atoms with Crippen LogP contribution in [-0.2, 0) is 6.61 Å². The lowest BCUT2D eigenvalue weighted by molar-refractivity contribution is 0.0728. The molecule has 8 heteroatoms. The van der Waals surface area contributed by atoms with Crippen LogP contribution in [0.25, 0.3) is 0 Å². The molecule has 8 nitrogen and oxygen atoms in total. The number of carbonyl (C=O) groups is 2. The molecule has 4 aromatic carbocycles. The Morgan fingerprint density at radius 3 is 2.12 bits per heavy atom. The molecule has 0 spiro atoms. The molecule has 0 aromatic heterocycles. The largest absolute Gasteiger partial charge is 0.494 e. The topological polar surface area (TPSA) is 95.5 Å². The number of hydrazone groups is 1. The van der Waals surface area contributed by atoms with Crippen LogP contribution < -0.4 is 24.4 Å². The normalized spacial score (nSPS) is 10.7. The highest BCUT2D eigenvalue weighted by Gasteiger charge is 2.14. The highest BCUT2D eigenvalue weighted by Crippen LogP contribution is 2.29. The van der Waals surface area contributed by atoms with Gasteiger partial charge >= 0.3 is 5.97 Å². The zero-order valence-corrected chi connectivity index (χ0v) is 23.0. The van der Waals surface area contributed by atoms with Gasteiger partial charge in [-0.2, -0.15) is 5.10 Å². The first kappa shape index (κ1) is 28.9. The fraction of sp³-hybridized carbons (Fsp3) is 0.182. The van der Waals surface area contributed by atoms with Crippen LogP contribution >= 0.6 is 0 Å². The number of nitrogens with zero attached hydrogens (tertiary/aromatic N) is 1. The van der Waals surface area contributed by atoms with Crippen LogP contribution in [0.1, 0.15) is 52.1 Å². The minimum Gasteiger partial charge on any atom is -0.494 e. The first-order chi connectivity index (χ1) is 20.1.